The molecule has 122 valence electrons. The molecule has 0 saturated carbocycles. The predicted molar refractivity (Wildman–Crippen MR) is 88.9 cm³/mol. The van der Waals surface area contributed by atoms with Gasteiger partial charge in [0.05, 0.1) is 12.2 Å². The number of pyridine rings is 1. The number of amides is 1. The summed E-state index contributed by atoms with van der Waals surface area (Å²) >= 11 is 0. The molecule has 24 heavy (non-hydrogen) atoms. The van der Waals surface area contributed by atoms with Crippen molar-refractivity contribution in [1.82, 2.24) is 20.5 Å². The van der Waals surface area contributed by atoms with Gasteiger partial charge >= 0.3 is 0 Å². The van der Waals surface area contributed by atoms with E-state index in [-0.39, 0.29) is 5.91 Å². The number of nitrogens with one attached hydrogen (secondary N) is 1. The maximum Gasteiger partial charge on any atom is 0.247 e. The number of aryl methyl sites for hydroxylation is 2. The first-order chi connectivity index (χ1) is 11.7. The highest BCUT2D eigenvalue weighted by atomic mass is 16.4. The summed E-state index contributed by atoms with van der Waals surface area (Å²) in [6, 6.07) is 13.4. The molecule has 2 aromatic heterocycles. The summed E-state index contributed by atoms with van der Waals surface area (Å²) in [5.74, 6) is 0.854. The molecule has 0 radical (unpaired) electrons. The highest BCUT2D eigenvalue weighted by Crippen LogP contribution is 2.17. The van der Waals surface area contributed by atoms with E-state index in [9.17, 15) is 4.79 Å². The fourth-order valence-corrected chi connectivity index (χ4v) is 2.25. The zero-order valence-corrected chi connectivity index (χ0v) is 13.4. The third-order valence-corrected chi connectivity index (χ3v) is 3.62. The Balaban J connectivity index is 1.50. The Kier molecular flexibility index (Phi) is 4.96. The molecule has 3 rings (SSSR count). The Morgan fingerprint density at radius 2 is 1.96 bits per heavy atom. The number of nitrogens with zero attached hydrogens (tertiary/aromatic N) is 3. The molecule has 0 saturated heterocycles. The van der Waals surface area contributed by atoms with Crippen molar-refractivity contribution in [3.8, 4) is 11.5 Å². The Bertz CT molecular complexity index is 815. The zero-order valence-electron chi connectivity index (χ0n) is 13.4. The lowest BCUT2D eigenvalue weighted by molar-refractivity contribution is -0.121. The van der Waals surface area contributed by atoms with Crippen LogP contribution in [0, 0.1) is 6.92 Å². The van der Waals surface area contributed by atoms with Gasteiger partial charge in [0.25, 0.3) is 0 Å². The Morgan fingerprint density at radius 1 is 1.12 bits per heavy atom. The van der Waals surface area contributed by atoms with Crippen LogP contribution in [0.3, 0.4) is 0 Å². The molecule has 0 bridgehead atoms. The molecule has 6 nitrogen and oxygen atoms in total. The molecule has 0 aliphatic heterocycles. The van der Waals surface area contributed by atoms with Gasteiger partial charge in [-0.3, -0.25) is 9.78 Å². The van der Waals surface area contributed by atoms with E-state index in [1.54, 1.807) is 6.20 Å². The van der Waals surface area contributed by atoms with E-state index in [2.05, 4.69) is 20.5 Å². The molecule has 3 aromatic rings. The van der Waals surface area contributed by atoms with Crippen LogP contribution in [-0.2, 0) is 17.8 Å². The van der Waals surface area contributed by atoms with Crippen molar-refractivity contribution < 1.29 is 9.21 Å². The van der Waals surface area contributed by atoms with Crippen LogP contribution in [0.1, 0.15) is 23.6 Å². The largest absolute Gasteiger partial charge is 0.421 e. The maximum absolute atomic E-state index is 11.9. The summed E-state index contributed by atoms with van der Waals surface area (Å²) in [6.45, 7) is 2.39. The molecular weight excluding hydrogens is 304 g/mol. The normalized spacial score (nSPS) is 10.5. The van der Waals surface area contributed by atoms with Crippen LogP contribution in [0.5, 0.6) is 0 Å². The van der Waals surface area contributed by atoms with E-state index >= 15 is 0 Å². The molecule has 0 fully saturated rings. The van der Waals surface area contributed by atoms with Crippen LogP contribution in [0.4, 0.5) is 0 Å². The number of rotatable bonds is 6. The number of aromatic nitrogens is 3. The lowest BCUT2D eigenvalue weighted by Crippen LogP contribution is -2.24. The van der Waals surface area contributed by atoms with Crippen LogP contribution >= 0.6 is 0 Å². The average Bonchev–Trinajstić information content (AvgIpc) is 3.09. The summed E-state index contributed by atoms with van der Waals surface area (Å²) in [7, 11) is 0. The number of carbonyl (C=O) groups is 1. The van der Waals surface area contributed by atoms with Crippen molar-refractivity contribution in [3.63, 3.8) is 0 Å². The Hall–Kier alpha value is -3.02. The van der Waals surface area contributed by atoms with Gasteiger partial charge in [0.15, 0.2) is 0 Å². The van der Waals surface area contributed by atoms with Gasteiger partial charge in [-0.2, -0.15) is 0 Å². The molecule has 0 aliphatic rings. The predicted octanol–water partition coefficient (Wildman–Crippen LogP) is 2.69. The van der Waals surface area contributed by atoms with E-state index in [1.165, 1.54) is 0 Å². The van der Waals surface area contributed by atoms with Gasteiger partial charge in [-0.15, -0.1) is 10.2 Å². The lowest BCUT2D eigenvalue weighted by atomic mass is 10.2. The summed E-state index contributed by atoms with van der Waals surface area (Å²) in [5.41, 5.74) is 2.79. The van der Waals surface area contributed by atoms with Crippen LogP contribution in [0.2, 0.25) is 0 Å². The van der Waals surface area contributed by atoms with Crippen LogP contribution in [-0.4, -0.2) is 21.1 Å². The smallest absolute Gasteiger partial charge is 0.247 e. The molecular formula is C18H18N4O2. The first kappa shape index (κ1) is 15.9. The topological polar surface area (TPSA) is 80.9 Å². The van der Waals surface area contributed by atoms with Gasteiger partial charge < -0.3 is 9.73 Å². The van der Waals surface area contributed by atoms with E-state index in [0.29, 0.717) is 31.2 Å². The van der Waals surface area contributed by atoms with Crippen molar-refractivity contribution in [2.75, 3.05) is 0 Å². The molecule has 0 unspecified atom stereocenters. The van der Waals surface area contributed by atoms with Gasteiger partial charge in [0, 0.05) is 24.6 Å². The van der Waals surface area contributed by atoms with Crippen molar-refractivity contribution in [2.45, 2.75) is 26.3 Å². The molecule has 0 atom stereocenters. The van der Waals surface area contributed by atoms with E-state index in [4.69, 9.17) is 4.42 Å². The Labute approximate surface area is 140 Å². The van der Waals surface area contributed by atoms with Gasteiger partial charge in [-0.25, -0.2) is 0 Å². The maximum atomic E-state index is 11.9. The molecule has 2 heterocycles. The van der Waals surface area contributed by atoms with Crippen molar-refractivity contribution in [1.29, 1.82) is 0 Å². The third-order valence-electron chi connectivity index (χ3n) is 3.62. The summed E-state index contributed by atoms with van der Waals surface area (Å²) in [4.78, 5) is 16.2. The molecule has 0 aliphatic carbocycles. The lowest BCUT2D eigenvalue weighted by Gasteiger charge is -2.06. The van der Waals surface area contributed by atoms with Crippen LogP contribution in [0.25, 0.3) is 11.5 Å². The minimum Gasteiger partial charge on any atom is -0.421 e. The van der Waals surface area contributed by atoms with E-state index in [0.717, 1.165) is 16.8 Å². The van der Waals surface area contributed by atoms with Gasteiger partial charge in [0.1, 0.15) is 0 Å². The standard InChI is InChI=1S/C18H18N4O2/c1-13-6-5-11-19-15(13)12-20-16(23)9-10-17-21-22-18(24-17)14-7-3-2-4-8-14/h2-8,11H,9-10,12H2,1H3,(H,20,23). The Morgan fingerprint density at radius 3 is 2.75 bits per heavy atom. The minimum atomic E-state index is -0.0699. The minimum absolute atomic E-state index is 0.0699. The molecule has 0 spiro atoms. The third kappa shape index (κ3) is 4.04. The van der Waals surface area contributed by atoms with Crippen LogP contribution < -0.4 is 5.32 Å². The quantitative estimate of drug-likeness (QED) is 0.754. The molecule has 1 aromatic carbocycles. The average molecular weight is 322 g/mol. The fraction of sp³-hybridized carbons (Fsp3) is 0.222. The monoisotopic (exact) mass is 322 g/mol. The number of hydrogen-bond donors (Lipinski definition) is 1. The summed E-state index contributed by atoms with van der Waals surface area (Å²) < 4.78 is 5.59. The van der Waals surface area contributed by atoms with E-state index in [1.807, 2.05) is 49.4 Å². The van der Waals surface area contributed by atoms with Crippen LogP contribution in [0.15, 0.2) is 53.1 Å². The highest BCUT2D eigenvalue weighted by molar-refractivity contribution is 5.76. The van der Waals surface area contributed by atoms with Gasteiger partial charge in [-0.1, -0.05) is 24.3 Å². The first-order valence-electron chi connectivity index (χ1n) is 7.77. The second kappa shape index (κ2) is 7.50. The number of benzene rings is 1. The second-order valence-electron chi connectivity index (χ2n) is 5.41. The number of hydrogen-bond acceptors (Lipinski definition) is 5. The molecule has 6 heteroatoms. The molecule has 1 N–H and O–H groups in total. The van der Waals surface area contributed by atoms with Gasteiger partial charge in [-0.05, 0) is 30.7 Å². The summed E-state index contributed by atoms with van der Waals surface area (Å²) in [5, 5.41) is 10.9. The first-order valence-corrected chi connectivity index (χ1v) is 7.77. The summed E-state index contributed by atoms with van der Waals surface area (Å²) in [6.07, 6.45) is 2.42. The highest BCUT2D eigenvalue weighted by Gasteiger charge is 2.10. The second-order valence-corrected chi connectivity index (χ2v) is 5.41. The van der Waals surface area contributed by atoms with Crippen molar-refractivity contribution in [2.24, 2.45) is 0 Å². The van der Waals surface area contributed by atoms with Crippen molar-refractivity contribution in [3.05, 3.63) is 65.8 Å². The zero-order chi connectivity index (χ0) is 16.8. The van der Waals surface area contributed by atoms with Gasteiger partial charge in [0.2, 0.25) is 17.7 Å². The number of carbonyl (C=O) groups excluding carboxylic acids is 1. The van der Waals surface area contributed by atoms with Crippen molar-refractivity contribution >= 4 is 5.91 Å². The van der Waals surface area contributed by atoms with E-state index < -0.39 is 0 Å². The SMILES string of the molecule is Cc1cccnc1CNC(=O)CCc1nnc(-c2ccccc2)o1. The fourth-order valence-electron chi connectivity index (χ4n) is 2.25. The molecule has 1 amide bonds.